The molecule has 0 radical (unpaired) electrons. The number of carbonyl (C=O) groups is 2. The number of hydrogen-bond donors (Lipinski definition) is 2. The quantitative estimate of drug-likeness (QED) is 0.322. The molecule has 2 N–H and O–H groups in total. The number of ether oxygens (including phenoxy) is 3. The van der Waals surface area contributed by atoms with Gasteiger partial charge in [-0.25, -0.2) is 14.8 Å². The van der Waals surface area contributed by atoms with Crippen molar-refractivity contribution >= 4 is 52.1 Å². The van der Waals surface area contributed by atoms with Gasteiger partial charge in [0.25, 0.3) is 0 Å². The van der Waals surface area contributed by atoms with Gasteiger partial charge in [0.05, 0.1) is 30.8 Å². The van der Waals surface area contributed by atoms with Crippen molar-refractivity contribution in [3.63, 3.8) is 0 Å². The molecule has 3 heterocycles. The molecule has 5 rings (SSSR count). The number of aromatic nitrogens is 3. The zero-order valence-electron chi connectivity index (χ0n) is 21.5. The largest absolute Gasteiger partial charge is 0.495 e. The summed E-state index contributed by atoms with van der Waals surface area (Å²) >= 11 is 13.3. The summed E-state index contributed by atoms with van der Waals surface area (Å²) in [4.78, 5) is 39.5. The highest BCUT2D eigenvalue weighted by Crippen LogP contribution is 2.47. The first-order chi connectivity index (χ1) is 19.4. The third-order valence-corrected chi connectivity index (χ3v) is 6.96. The van der Waals surface area contributed by atoms with Crippen molar-refractivity contribution in [3.05, 3.63) is 64.5 Å². The van der Waals surface area contributed by atoms with Gasteiger partial charge in [0, 0.05) is 55.4 Å². The molecule has 2 aromatic carbocycles. The fourth-order valence-electron chi connectivity index (χ4n) is 4.35. The van der Waals surface area contributed by atoms with Crippen LogP contribution in [0.4, 0.5) is 10.6 Å². The SMILES string of the molecule is COc1cc(OC)c(Cl)c(-c2ccc(OC(=O)Nc3ccc(CN4CCNC(=O)C4)cn3)c3nccnc23)c1Cl. The smallest absolute Gasteiger partial charge is 0.418 e. The number of halogens is 2. The molecule has 0 unspecified atom stereocenters. The van der Waals surface area contributed by atoms with Gasteiger partial charge in [-0.1, -0.05) is 29.3 Å². The number of methoxy groups -OCH3 is 2. The van der Waals surface area contributed by atoms with Gasteiger partial charge in [-0.05, 0) is 23.8 Å². The molecule has 0 saturated carbocycles. The van der Waals surface area contributed by atoms with Gasteiger partial charge in [-0.3, -0.25) is 20.0 Å². The minimum absolute atomic E-state index is 0.0000888. The molecule has 1 aliphatic rings. The number of fused-ring (bicyclic) bond motifs is 1. The number of nitrogens with one attached hydrogen (secondary N) is 2. The summed E-state index contributed by atoms with van der Waals surface area (Å²) in [5, 5.41) is 5.95. The third-order valence-electron chi connectivity index (χ3n) is 6.21. The molecule has 40 heavy (non-hydrogen) atoms. The topological polar surface area (TPSA) is 128 Å². The summed E-state index contributed by atoms with van der Waals surface area (Å²) in [6, 6.07) is 8.36. The fourth-order valence-corrected chi connectivity index (χ4v) is 5.05. The van der Waals surface area contributed by atoms with Gasteiger partial charge in [0.15, 0.2) is 5.75 Å². The van der Waals surface area contributed by atoms with Crippen molar-refractivity contribution in [2.75, 3.05) is 39.2 Å². The first-order valence-corrected chi connectivity index (χ1v) is 12.9. The van der Waals surface area contributed by atoms with Crippen LogP contribution in [0.5, 0.6) is 17.2 Å². The highest BCUT2D eigenvalue weighted by molar-refractivity contribution is 6.41. The van der Waals surface area contributed by atoms with E-state index in [1.807, 2.05) is 11.0 Å². The second-order valence-corrected chi connectivity index (χ2v) is 9.53. The Labute approximate surface area is 239 Å². The van der Waals surface area contributed by atoms with Gasteiger partial charge < -0.3 is 19.5 Å². The molecule has 2 amide bonds. The highest BCUT2D eigenvalue weighted by atomic mass is 35.5. The van der Waals surface area contributed by atoms with Crippen LogP contribution in [-0.2, 0) is 11.3 Å². The first kappa shape index (κ1) is 27.4. The molecule has 2 aromatic heterocycles. The minimum atomic E-state index is -0.758. The summed E-state index contributed by atoms with van der Waals surface area (Å²) < 4.78 is 16.4. The van der Waals surface area contributed by atoms with Gasteiger partial charge in [-0.2, -0.15) is 0 Å². The number of anilines is 1. The van der Waals surface area contributed by atoms with Gasteiger partial charge in [0.1, 0.15) is 28.4 Å². The molecule has 0 bridgehead atoms. The van der Waals surface area contributed by atoms with Crippen molar-refractivity contribution in [3.8, 4) is 28.4 Å². The predicted molar refractivity (Wildman–Crippen MR) is 150 cm³/mol. The molecule has 13 heteroatoms. The molecular weight excluding hydrogens is 559 g/mol. The second kappa shape index (κ2) is 11.9. The zero-order chi connectivity index (χ0) is 28.2. The van der Waals surface area contributed by atoms with Crippen LogP contribution in [0.15, 0.2) is 48.9 Å². The molecule has 0 spiro atoms. The fraction of sp³-hybridized carbons (Fsp3) is 0.222. The summed E-state index contributed by atoms with van der Waals surface area (Å²) in [5.74, 6) is 1.22. The van der Waals surface area contributed by atoms with Crippen LogP contribution >= 0.6 is 23.2 Å². The minimum Gasteiger partial charge on any atom is -0.495 e. The summed E-state index contributed by atoms with van der Waals surface area (Å²) in [7, 11) is 2.98. The Balaban J connectivity index is 1.36. The summed E-state index contributed by atoms with van der Waals surface area (Å²) in [6.45, 7) is 2.30. The van der Waals surface area contributed by atoms with Crippen molar-refractivity contribution in [2.24, 2.45) is 0 Å². The maximum absolute atomic E-state index is 12.7. The Kier molecular flexibility index (Phi) is 8.15. The van der Waals surface area contributed by atoms with Crippen molar-refractivity contribution in [1.29, 1.82) is 0 Å². The van der Waals surface area contributed by atoms with Crippen molar-refractivity contribution < 1.29 is 23.8 Å². The lowest BCUT2D eigenvalue weighted by molar-refractivity contribution is -0.124. The number of benzene rings is 2. The summed E-state index contributed by atoms with van der Waals surface area (Å²) in [5.41, 5.74) is 2.62. The Hall–Kier alpha value is -4.19. The molecule has 1 fully saturated rings. The van der Waals surface area contributed by atoms with E-state index >= 15 is 0 Å². The zero-order valence-corrected chi connectivity index (χ0v) is 23.0. The van der Waals surface area contributed by atoms with Crippen LogP contribution < -0.4 is 24.8 Å². The molecule has 4 aromatic rings. The van der Waals surface area contributed by atoms with E-state index in [1.54, 1.807) is 30.5 Å². The third kappa shape index (κ3) is 5.71. The molecule has 1 saturated heterocycles. The van der Waals surface area contributed by atoms with Crippen LogP contribution in [0.3, 0.4) is 0 Å². The monoisotopic (exact) mass is 582 g/mol. The molecule has 0 atom stereocenters. The number of pyridine rings is 1. The highest BCUT2D eigenvalue weighted by Gasteiger charge is 2.23. The van der Waals surface area contributed by atoms with Crippen LogP contribution in [-0.4, -0.2) is 65.7 Å². The molecule has 206 valence electrons. The molecular formula is C27H24Cl2N6O5. The Morgan fingerprint density at radius 1 is 1.00 bits per heavy atom. The Morgan fingerprint density at radius 2 is 1.73 bits per heavy atom. The van der Waals surface area contributed by atoms with E-state index in [-0.39, 0.29) is 21.7 Å². The summed E-state index contributed by atoms with van der Waals surface area (Å²) in [6.07, 6.45) is 3.88. The van der Waals surface area contributed by atoms with Crippen LogP contribution in [0.1, 0.15) is 5.56 Å². The number of rotatable bonds is 7. The number of piperazine rings is 1. The van der Waals surface area contributed by atoms with Crippen LogP contribution in [0.2, 0.25) is 10.0 Å². The van der Waals surface area contributed by atoms with Gasteiger partial charge in [-0.15, -0.1) is 0 Å². The maximum atomic E-state index is 12.7. The van der Waals surface area contributed by atoms with Gasteiger partial charge >= 0.3 is 6.09 Å². The van der Waals surface area contributed by atoms with Crippen molar-refractivity contribution in [1.82, 2.24) is 25.2 Å². The standard InChI is InChI=1S/C27H24Cl2N6O5/c1-38-18-11-19(39-2)24(29)22(23(18)28)16-4-5-17(26-25(16)31-7-8-32-26)40-27(37)34-20-6-3-15(12-33-20)13-35-10-9-30-21(36)14-35/h3-8,11-12H,9-10,13-14H2,1-2H3,(H,30,36)(H,33,34,37). The normalized spacial score (nSPS) is 13.6. The lowest BCUT2D eigenvalue weighted by atomic mass is 10.0. The Morgan fingerprint density at radius 3 is 2.38 bits per heavy atom. The number of amides is 2. The second-order valence-electron chi connectivity index (χ2n) is 8.78. The van der Waals surface area contributed by atoms with Crippen LogP contribution in [0.25, 0.3) is 22.2 Å². The lowest BCUT2D eigenvalue weighted by Crippen LogP contribution is -2.47. The van der Waals surface area contributed by atoms with E-state index < -0.39 is 6.09 Å². The Bertz CT molecular complexity index is 1560. The lowest BCUT2D eigenvalue weighted by Gasteiger charge is -2.26. The maximum Gasteiger partial charge on any atom is 0.418 e. The van der Waals surface area contributed by atoms with E-state index in [0.717, 1.165) is 12.1 Å². The van der Waals surface area contributed by atoms with Crippen LogP contribution in [0, 0.1) is 0 Å². The molecule has 0 aliphatic carbocycles. The number of nitrogens with zero attached hydrogens (tertiary/aromatic N) is 4. The van der Waals surface area contributed by atoms with E-state index in [0.29, 0.717) is 59.1 Å². The van der Waals surface area contributed by atoms with E-state index in [2.05, 4.69) is 25.6 Å². The number of carbonyl (C=O) groups excluding carboxylic acids is 2. The van der Waals surface area contributed by atoms with Gasteiger partial charge in [0.2, 0.25) is 5.91 Å². The average molecular weight is 583 g/mol. The average Bonchev–Trinajstić information content (AvgIpc) is 2.95. The van der Waals surface area contributed by atoms with Crippen molar-refractivity contribution in [2.45, 2.75) is 6.54 Å². The van der Waals surface area contributed by atoms with E-state index in [4.69, 9.17) is 37.4 Å². The van der Waals surface area contributed by atoms with E-state index in [1.165, 1.54) is 26.6 Å². The predicted octanol–water partition coefficient (Wildman–Crippen LogP) is 4.56. The van der Waals surface area contributed by atoms with E-state index in [9.17, 15) is 9.59 Å². The molecule has 11 nitrogen and oxygen atoms in total. The molecule has 1 aliphatic heterocycles. The first-order valence-electron chi connectivity index (χ1n) is 12.1. The number of hydrogen-bond acceptors (Lipinski definition) is 9.